The molecule has 0 heterocycles. The molecule has 0 unspecified atom stereocenters. The Morgan fingerprint density at radius 3 is 2.59 bits per heavy atom. The lowest BCUT2D eigenvalue weighted by molar-refractivity contribution is -0.386. The number of phenolic OH excluding ortho intramolecular Hbond substituents is 2. The Morgan fingerprint density at radius 1 is 1.45 bits per heavy atom. The van der Waals surface area contributed by atoms with Crippen LogP contribution in [0.3, 0.4) is 0 Å². The van der Waals surface area contributed by atoms with Gasteiger partial charge in [0.25, 0.3) is 5.91 Å². The largest absolute Gasteiger partial charge is 0.504 e. The van der Waals surface area contributed by atoms with Crippen LogP contribution in [0.5, 0.6) is 11.5 Å². The van der Waals surface area contributed by atoms with Crippen molar-refractivity contribution in [3.05, 3.63) is 33.4 Å². The van der Waals surface area contributed by atoms with Crippen LogP contribution in [0.1, 0.15) is 19.4 Å². The zero-order valence-electron chi connectivity index (χ0n) is 15.7. The predicted molar refractivity (Wildman–Crippen MR) is 102 cm³/mol. The summed E-state index contributed by atoms with van der Waals surface area (Å²) in [5, 5.41) is 48.7. The van der Waals surface area contributed by atoms with Gasteiger partial charge in [-0.3, -0.25) is 19.9 Å². The summed E-state index contributed by atoms with van der Waals surface area (Å²) in [7, 11) is 0. The van der Waals surface area contributed by atoms with Crippen LogP contribution < -0.4 is 0 Å². The molecule has 11 heteroatoms. The van der Waals surface area contributed by atoms with Crippen LogP contribution in [-0.4, -0.2) is 68.8 Å². The first-order valence-corrected chi connectivity index (χ1v) is 8.42. The van der Waals surface area contributed by atoms with Gasteiger partial charge in [0, 0.05) is 18.8 Å². The number of phenols is 2. The summed E-state index contributed by atoms with van der Waals surface area (Å²) >= 11 is 0. The fourth-order valence-corrected chi connectivity index (χ4v) is 2.22. The van der Waals surface area contributed by atoms with Gasteiger partial charge in [0.2, 0.25) is 5.75 Å². The number of hydrogen-bond donors (Lipinski definition) is 3. The summed E-state index contributed by atoms with van der Waals surface area (Å²) in [5.74, 6) is -2.41. The second-order valence-corrected chi connectivity index (χ2v) is 5.88. The number of nitrogens with zero attached hydrogens (tertiary/aromatic N) is 4. The van der Waals surface area contributed by atoms with Crippen molar-refractivity contribution in [3.63, 3.8) is 0 Å². The summed E-state index contributed by atoms with van der Waals surface area (Å²) in [6, 6.07) is 2.60. The van der Waals surface area contributed by atoms with E-state index in [2.05, 4.69) is 4.99 Å². The minimum Gasteiger partial charge on any atom is -0.504 e. The molecular formula is C18H20N4O7. The molecule has 2 atom stereocenters. The van der Waals surface area contributed by atoms with E-state index < -0.39 is 40.2 Å². The van der Waals surface area contributed by atoms with E-state index in [4.69, 9.17) is 0 Å². The van der Waals surface area contributed by atoms with Gasteiger partial charge in [0.15, 0.2) is 5.75 Å². The molecule has 1 aromatic rings. The van der Waals surface area contributed by atoms with Crippen molar-refractivity contribution >= 4 is 30.2 Å². The van der Waals surface area contributed by atoms with E-state index in [1.807, 2.05) is 0 Å². The number of nitriles is 1. The van der Waals surface area contributed by atoms with Crippen LogP contribution in [0.4, 0.5) is 5.69 Å². The Labute approximate surface area is 166 Å². The molecule has 0 aliphatic carbocycles. The number of aliphatic hydroxyl groups is 1. The molecule has 1 rings (SSSR count). The third-order valence-corrected chi connectivity index (χ3v) is 3.83. The molecule has 1 amide bonds. The molecule has 11 nitrogen and oxygen atoms in total. The number of amides is 1. The quantitative estimate of drug-likeness (QED) is 0.103. The molecule has 0 aliphatic rings. The van der Waals surface area contributed by atoms with E-state index >= 15 is 0 Å². The van der Waals surface area contributed by atoms with Crippen molar-refractivity contribution in [3.8, 4) is 17.6 Å². The van der Waals surface area contributed by atoms with Crippen molar-refractivity contribution < 1.29 is 29.8 Å². The highest BCUT2D eigenvalue weighted by Crippen LogP contribution is 2.36. The molecule has 0 spiro atoms. The smallest absolute Gasteiger partial charge is 0.315 e. The number of aromatic hydroxyl groups is 2. The maximum Gasteiger partial charge on any atom is 0.315 e. The Balaban J connectivity index is 3.14. The SMILES string of the molecule is CCN(CC=N[C@@H](C=O)[C@H](C)O)C(=O)/C(C#N)=C/c1cc(O)c(O)c([N+](=O)[O-])c1. The second-order valence-electron chi connectivity index (χ2n) is 5.88. The molecule has 0 aliphatic heterocycles. The number of aldehydes is 1. The average molecular weight is 404 g/mol. The number of aliphatic imine (C=N–C) groups is 1. The van der Waals surface area contributed by atoms with Crippen molar-refractivity contribution in [2.24, 2.45) is 4.99 Å². The molecule has 0 aromatic heterocycles. The summed E-state index contributed by atoms with van der Waals surface area (Å²) in [4.78, 5) is 38.5. The van der Waals surface area contributed by atoms with Gasteiger partial charge < -0.3 is 25.0 Å². The maximum absolute atomic E-state index is 12.6. The van der Waals surface area contributed by atoms with Crippen LogP contribution in [0.25, 0.3) is 6.08 Å². The lowest BCUT2D eigenvalue weighted by Crippen LogP contribution is -2.34. The van der Waals surface area contributed by atoms with Crippen molar-refractivity contribution in [1.29, 1.82) is 5.26 Å². The maximum atomic E-state index is 12.6. The fraction of sp³-hybridized carbons (Fsp3) is 0.333. The molecule has 0 radical (unpaired) electrons. The van der Waals surface area contributed by atoms with Crippen LogP contribution in [0.2, 0.25) is 0 Å². The molecule has 29 heavy (non-hydrogen) atoms. The Morgan fingerprint density at radius 2 is 2.10 bits per heavy atom. The van der Waals surface area contributed by atoms with Gasteiger partial charge in [-0.05, 0) is 31.6 Å². The third-order valence-electron chi connectivity index (χ3n) is 3.83. The molecule has 3 N–H and O–H groups in total. The van der Waals surface area contributed by atoms with Crippen LogP contribution >= 0.6 is 0 Å². The standard InChI is InChI=1S/C18H20N4O7/c1-3-21(5-4-20-14(10-23)11(2)24)18(27)13(9-19)6-12-7-15(22(28)29)17(26)16(25)8-12/h4,6-8,10-11,14,24-26H,3,5H2,1-2H3/b13-6+,20-4?/t11-,14-/m0/s1. The number of likely N-dealkylation sites (N-methyl/N-ethyl adjacent to an activating group) is 1. The molecular weight excluding hydrogens is 384 g/mol. The van der Waals surface area contributed by atoms with Crippen LogP contribution in [-0.2, 0) is 9.59 Å². The number of carbonyl (C=O) groups excluding carboxylic acids is 2. The molecule has 154 valence electrons. The van der Waals surface area contributed by atoms with Crippen LogP contribution in [0, 0.1) is 21.4 Å². The van der Waals surface area contributed by atoms with Gasteiger partial charge in [0.1, 0.15) is 24.0 Å². The van der Waals surface area contributed by atoms with Gasteiger partial charge in [-0.15, -0.1) is 0 Å². The normalized spacial score (nSPS) is 13.5. The monoisotopic (exact) mass is 404 g/mol. The van der Waals surface area contributed by atoms with E-state index in [1.165, 1.54) is 18.0 Å². The van der Waals surface area contributed by atoms with E-state index in [-0.39, 0.29) is 24.2 Å². The zero-order valence-corrected chi connectivity index (χ0v) is 15.7. The van der Waals surface area contributed by atoms with Crippen molar-refractivity contribution in [2.45, 2.75) is 26.0 Å². The number of hydrogen-bond acceptors (Lipinski definition) is 9. The topological polar surface area (TPSA) is 177 Å². The third kappa shape index (κ3) is 6.12. The van der Waals surface area contributed by atoms with E-state index in [9.17, 15) is 40.3 Å². The number of carbonyl (C=O) groups is 2. The Hall–Kier alpha value is -3.78. The first-order valence-electron chi connectivity index (χ1n) is 8.42. The van der Waals surface area contributed by atoms with Gasteiger partial charge in [-0.25, -0.2) is 0 Å². The van der Waals surface area contributed by atoms with Gasteiger partial charge in [0.05, 0.1) is 17.6 Å². The summed E-state index contributed by atoms with van der Waals surface area (Å²) in [5.41, 5.74) is -1.18. The van der Waals surface area contributed by atoms with E-state index in [0.29, 0.717) is 6.29 Å². The lowest BCUT2D eigenvalue weighted by Gasteiger charge is -2.18. The number of nitro groups is 1. The summed E-state index contributed by atoms with van der Waals surface area (Å²) in [6.07, 6.45) is 1.77. The predicted octanol–water partition coefficient (Wildman–Crippen LogP) is 0.781. The fourth-order valence-electron chi connectivity index (χ4n) is 2.22. The van der Waals surface area contributed by atoms with Crippen molar-refractivity contribution in [1.82, 2.24) is 4.90 Å². The van der Waals surface area contributed by atoms with Gasteiger partial charge in [-0.2, -0.15) is 5.26 Å². The minimum absolute atomic E-state index is 0.0308. The van der Waals surface area contributed by atoms with Crippen LogP contribution in [0.15, 0.2) is 22.7 Å². The minimum atomic E-state index is -0.998. The molecule has 0 fully saturated rings. The highest BCUT2D eigenvalue weighted by Gasteiger charge is 2.21. The lowest BCUT2D eigenvalue weighted by atomic mass is 10.1. The Kier molecular flexibility index (Phi) is 8.44. The molecule has 0 saturated heterocycles. The molecule has 0 saturated carbocycles. The number of rotatable bonds is 9. The first kappa shape index (κ1) is 23.3. The summed E-state index contributed by atoms with van der Waals surface area (Å²) in [6.45, 7) is 3.17. The molecule has 0 bridgehead atoms. The number of aliphatic hydroxyl groups excluding tert-OH is 1. The van der Waals surface area contributed by atoms with Crippen molar-refractivity contribution in [2.75, 3.05) is 13.1 Å². The zero-order chi connectivity index (χ0) is 22.1. The van der Waals surface area contributed by atoms with E-state index in [1.54, 1.807) is 13.0 Å². The van der Waals surface area contributed by atoms with Gasteiger partial charge in [-0.1, -0.05) is 0 Å². The average Bonchev–Trinajstić information content (AvgIpc) is 2.67. The summed E-state index contributed by atoms with van der Waals surface area (Å²) < 4.78 is 0. The number of nitro benzene ring substituents is 1. The molecule has 1 aromatic carbocycles. The Bertz CT molecular complexity index is 887. The highest BCUT2D eigenvalue weighted by atomic mass is 16.6. The highest BCUT2D eigenvalue weighted by molar-refractivity contribution is 6.02. The van der Waals surface area contributed by atoms with E-state index in [0.717, 1.165) is 18.2 Å². The number of benzene rings is 1. The first-order chi connectivity index (χ1) is 13.7. The second kappa shape index (κ2) is 10.5. The van der Waals surface area contributed by atoms with Gasteiger partial charge >= 0.3 is 5.69 Å².